The molecule has 0 N–H and O–H groups in total. The van der Waals surface area contributed by atoms with E-state index < -0.39 is 9.84 Å². The smallest absolute Gasteiger partial charge is 0.175 e. The Kier molecular flexibility index (Phi) is 3.26. The van der Waals surface area contributed by atoms with Gasteiger partial charge in [-0.1, -0.05) is 30.3 Å². The fourth-order valence-corrected chi connectivity index (χ4v) is 2.45. The Balaban J connectivity index is 2.43. The molecular weight excluding hydrogens is 244 g/mol. The molecule has 94 valence electrons. The van der Waals surface area contributed by atoms with Crippen molar-refractivity contribution in [3.8, 4) is 11.1 Å². The summed E-state index contributed by atoms with van der Waals surface area (Å²) in [5, 5.41) is 0. The summed E-state index contributed by atoms with van der Waals surface area (Å²) < 4.78 is 22.8. The normalized spacial score (nSPS) is 11.5. The van der Waals surface area contributed by atoms with Crippen molar-refractivity contribution >= 4 is 9.84 Å². The molecule has 0 amide bonds. The lowest BCUT2D eigenvalue weighted by atomic mass is 10.0. The monoisotopic (exact) mass is 260 g/mol. The minimum absolute atomic E-state index is 0.357. The van der Waals surface area contributed by atoms with Crippen LogP contribution in [0.2, 0.25) is 0 Å². The minimum Gasteiger partial charge on any atom is -0.224 e. The van der Waals surface area contributed by atoms with E-state index in [9.17, 15) is 8.42 Å². The summed E-state index contributed by atoms with van der Waals surface area (Å²) >= 11 is 0. The molecule has 0 unspecified atom stereocenters. The van der Waals surface area contributed by atoms with Crippen molar-refractivity contribution in [3.63, 3.8) is 0 Å². The lowest BCUT2D eigenvalue weighted by Gasteiger charge is -2.06. The fraction of sp³-hybridized carbons (Fsp3) is 0.200. The lowest BCUT2D eigenvalue weighted by Crippen LogP contribution is -1.96. The third-order valence-electron chi connectivity index (χ3n) is 3.12. The van der Waals surface area contributed by atoms with Crippen LogP contribution >= 0.6 is 0 Å². The Morgan fingerprint density at radius 3 is 1.83 bits per heavy atom. The molecule has 0 saturated carbocycles. The van der Waals surface area contributed by atoms with Gasteiger partial charge in [0.1, 0.15) is 0 Å². The zero-order chi connectivity index (χ0) is 13.3. The second-order valence-corrected chi connectivity index (χ2v) is 6.61. The molecule has 0 aliphatic heterocycles. The quantitative estimate of drug-likeness (QED) is 0.829. The highest BCUT2D eigenvalue weighted by Crippen LogP contribution is 2.23. The van der Waals surface area contributed by atoms with Crippen molar-refractivity contribution in [2.24, 2.45) is 0 Å². The summed E-state index contributed by atoms with van der Waals surface area (Å²) in [5.74, 6) is 0. The molecule has 0 heterocycles. The van der Waals surface area contributed by atoms with Crippen LogP contribution in [0, 0.1) is 13.8 Å². The Labute approximate surface area is 108 Å². The number of hydrogen-bond acceptors (Lipinski definition) is 2. The molecule has 0 bridgehead atoms. The van der Waals surface area contributed by atoms with Crippen LogP contribution in [-0.4, -0.2) is 14.7 Å². The molecule has 3 heteroatoms. The average molecular weight is 260 g/mol. The number of sulfone groups is 1. The largest absolute Gasteiger partial charge is 0.224 e. The highest BCUT2D eigenvalue weighted by Gasteiger charge is 2.07. The van der Waals surface area contributed by atoms with E-state index in [0.29, 0.717) is 4.90 Å². The van der Waals surface area contributed by atoms with Crippen LogP contribution < -0.4 is 0 Å². The third kappa shape index (κ3) is 2.62. The number of rotatable bonds is 2. The van der Waals surface area contributed by atoms with Crippen LogP contribution in [0.4, 0.5) is 0 Å². The van der Waals surface area contributed by atoms with E-state index in [0.717, 1.165) is 11.1 Å². The molecule has 0 atom stereocenters. The van der Waals surface area contributed by atoms with Crippen molar-refractivity contribution in [1.29, 1.82) is 0 Å². The molecule has 2 rings (SSSR count). The van der Waals surface area contributed by atoms with Crippen LogP contribution in [0.3, 0.4) is 0 Å². The molecular formula is C15H16O2S. The molecule has 0 aliphatic rings. The molecule has 18 heavy (non-hydrogen) atoms. The van der Waals surface area contributed by atoms with E-state index in [1.165, 1.54) is 17.4 Å². The summed E-state index contributed by atoms with van der Waals surface area (Å²) in [6.07, 6.45) is 1.22. The van der Waals surface area contributed by atoms with E-state index in [-0.39, 0.29) is 0 Å². The highest BCUT2D eigenvalue weighted by molar-refractivity contribution is 7.90. The van der Waals surface area contributed by atoms with Crippen LogP contribution in [0.5, 0.6) is 0 Å². The maximum Gasteiger partial charge on any atom is 0.175 e. The van der Waals surface area contributed by atoms with Crippen molar-refractivity contribution < 1.29 is 8.42 Å². The van der Waals surface area contributed by atoms with Gasteiger partial charge in [0.15, 0.2) is 9.84 Å². The topological polar surface area (TPSA) is 34.1 Å². The maximum absolute atomic E-state index is 11.4. The van der Waals surface area contributed by atoms with Gasteiger partial charge in [0, 0.05) is 6.26 Å². The van der Waals surface area contributed by atoms with Crippen LogP contribution in [0.1, 0.15) is 11.1 Å². The maximum atomic E-state index is 11.4. The molecule has 0 saturated heterocycles. The van der Waals surface area contributed by atoms with Crippen molar-refractivity contribution in [2.45, 2.75) is 18.7 Å². The number of hydrogen-bond donors (Lipinski definition) is 0. The Morgan fingerprint density at radius 1 is 0.778 bits per heavy atom. The van der Waals surface area contributed by atoms with Gasteiger partial charge in [-0.05, 0) is 48.2 Å². The average Bonchev–Trinajstić information content (AvgIpc) is 2.32. The standard InChI is InChI=1S/C15H16O2S/c1-11-4-5-14(10-12(11)2)13-6-8-15(9-7-13)18(3,16)17/h4-10H,1-3H3. The SMILES string of the molecule is Cc1ccc(-c2ccc(S(C)(=O)=O)cc2)cc1C. The summed E-state index contributed by atoms with van der Waals surface area (Å²) in [4.78, 5) is 0.357. The molecule has 2 aromatic rings. The van der Waals surface area contributed by atoms with Gasteiger partial charge in [-0.15, -0.1) is 0 Å². The van der Waals surface area contributed by atoms with E-state index in [1.807, 2.05) is 12.1 Å². The second-order valence-electron chi connectivity index (χ2n) is 4.60. The predicted molar refractivity (Wildman–Crippen MR) is 74.5 cm³/mol. The zero-order valence-electron chi connectivity index (χ0n) is 10.8. The van der Waals surface area contributed by atoms with Crippen LogP contribution in [0.25, 0.3) is 11.1 Å². The summed E-state index contributed by atoms with van der Waals surface area (Å²) in [6, 6.07) is 13.2. The molecule has 2 nitrogen and oxygen atoms in total. The van der Waals surface area contributed by atoms with Gasteiger partial charge < -0.3 is 0 Å². The van der Waals surface area contributed by atoms with Gasteiger partial charge in [0.2, 0.25) is 0 Å². The molecule has 0 spiro atoms. The minimum atomic E-state index is -3.12. The number of benzene rings is 2. The van der Waals surface area contributed by atoms with Gasteiger partial charge in [0.05, 0.1) is 4.90 Å². The van der Waals surface area contributed by atoms with Crippen molar-refractivity contribution in [3.05, 3.63) is 53.6 Å². The van der Waals surface area contributed by atoms with E-state index >= 15 is 0 Å². The van der Waals surface area contributed by atoms with Crippen LogP contribution in [0.15, 0.2) is 47.4 Å². The summed E-state index contributed by atoms with van der Waals surface area (Å²) in [6.45, 7) is 4.15. The first-order valence-electron chi connectivity index (χ1n) is 5.76. The summed E-state index contributed by atoms with van der Waals surface area (Å²) in [5.41, 5.74) is 4.63. The van der Waals surface area contributed by atoms with Gasteiger partial charge in [0.25, 0.3) is 0 Å². The van der Waals surface area contributed by atoms with Crippen LogP contribution in [-0.2, 0) is 9.84 Å². The highest BCUT2D eigenvalue weighted by atomic mass is 32.2. The first-order valence-corrected chi connectivity index (χ1v) is 7.65. The van der Waals surface area contributed by atoms with Gasteiger partial charge in [-0.2, -0.15) is 0 Å². The fourth-order valence-electron chi connectivity index (χ4n) is 1.82. The molecule has 0 radical (unpaired) electrons. The van der Waals surface area contributed by atoms with Gasteiger partial charge >= 0.3 is 0 Å². The van der Waals surface area contributed by atoms with Gasteiger partial charge in [-0.25, -0.2) is 8.42 Å². The van der Waals surface area contributed by atoms with Crippen molar-refractivity contribution in [1.82, 2.24) is 0 Å². The molecule has 0 aromatic heterocycles. The van der Waals surface area contributed by atoms with Gasteiger partial charge in [-0.3, -0.25) is 0 Å². The Bertz CT molecular complexity index is 668. The van der Waals surface area contributed by atoms with E-state index in [2.05, 4.69) is 32.0 Å². The predicted octanol–water partition coefficient (Wildman–Crippen LogP) is 3.37. The van der Waals surface area contributed by atoms with E-state index in [4.69, 9.17) is 0 Å². The second kappa shape index (κ2) is 4.58. The Morgan fingerprint density at radius 2 is 1.33 bits per heavy atom. The van der Waals surface area contributed by atoms with Crippen molar-refractivity contribution in [2.75, 3.05) is 6.26 Å². The third-order valence-corrected chi connectivity index (χ3v) is 4.25. The van der Waals surface area contributed by atoms with E-state index in [1.54, 1.807) is 12.1 Å². The number of aryl methyl sites for hydroxylation is 2. The zero-order valence-corrected chi connectivity index (χ0v) is 11.6. The molecule has 0 aliphatic carbocycles. The summed E-state index contributed by atoms with van der Waals surface area (Å²) in [7, 11) is -3.12. The molecule has 0 fully saturated rings. The Hall–Kier alpha value is -1.61. The first-order chi connectivity index (χ1) is 8.38. The lowest BCUT2D eigenvalue weighted by molar-refractivity contribution is 0.602. The first kappa shape index (κ1) is 12.8. The molecule has 2 aromatic carbocycles.